The van der Waals surface area contributed by atoms with E-state index in [0.717, 1.165) is 48.2 Å². The highest BCUT2D eigenvalue weighted by atomic mass is 32.2. The van der Waals surface area contributed by atoms with Gasteiger partial charge in [0.05, 0.1) is 11.0 Å². The number of rotatable bonds is 9. The highest BCUT2D eigenvalue weighted by Gasteiger charge is 2.38. The Bertz CT molecular complexity index is 1090. The van der Waals surface area contributed by atoms with Crippen LogP contribution in [0.5, 0.6) is 0 Å². The monoisotopic (exact) mass is 494 g/mol. The van der Waals surface area contributed by atoms with E-state index in [1.807, 2.05) is 6.07 Å². The standard InChI is InChI=1S/C22H28N4S.C2HF3O2/c1-17(2)11-13-26-21-15-19(24-16-18-7-4-3-5-8-18)9-10-20(21)25-22(26)27-14-6-12-23;3-2(4,5)1(6)7/h3-5,7-11,15,24H,6,12-14,16,23H2,1-2H3;(H,6,7). The lowest BCUT2D eigenvalue weighted by Gasteiger charge is -2.09. The van der Waals surface area contributed by atoms with Gasteiger partial charge in [0.25, 0.3) is 0 Å². The fourth-order valence-corrected chi connectivity index (χ4v) is 3.80. The zero-order chi connectivity index (χ0) is 25.1. The number of nitrogens with two attached hydrogens (primary N) is 1. The molecule has 10 heteroatoms. The first-order valence-corrected chi connectivity index (χ1v) is 11.6. The maximum absolute atomic E-state index is 10.6. The molecule has 184 valence electrons. The molecule has 3 aromatic rings. The Morgan fingerprint density at radius 1 is 1.21 bits per heavy atom. The van der Waals surface area contributed by atoms with E-state index < -0.39 is 12.1 Å². The molecule has 0 atom stereocenters. The van der Waals surface area contributed by atoms with Gasteiger partial charge in [-0.1, -0.05) is 53.7 Å². The molecule has 1 aromatic heterocycles. The molecule has 0 saturated heterocycles. The van der Waals surface area contributed by atoms with Crippen LogP contribution in [0.1, 0.15) is 25.8 Å². The molecule has 0 aliphatic heterocycles. The summed E-state index contributed by atoms with van der Waals surface area (Å²) in [4.78, 5) is 13.7. The zero-order valence-electron chi connectivity index (χ0n) is 19.1. The van der Waals surface area contributed by atoms with Crippen molar-refractivity contribution in [3.8, 4) is 0 Å². The first kappa shape index (κ1) is 27.3. The molecule has 1 heterocycles. The van der Waals surface area contributed by atoms with Crippen LogP contribution in [0.15, 0.2) is 65.3 Å². The lowest BCUT2D eigenvalue weighted by Crippen LogP contribution is -2.21. The normalized spacial score (nSPS) is 11.0. The lowest BCUT2D eigenvalue weighted by molar-refractivity contribution is -0.192. The Morgan fingerprint density at radius 3 is 2.47 bits per heavy atom. The van der Waals surface area contributed by atoms with Crippen LogP contribution in [0.3, 0.4) is 0 Å². The number of halogens is 3. The Morgan fingerprint density at radius 2 is 1.88 bits per heavy atom. The van der Waals surface area contributed by atoms with Crippen LogP contribution < -0.4 is 11.1 Å². The van der Waals surface area contributed by atoms with Crippen molar-refractivity contribution in [2.75, 3.05) is 17.6 Å². The number of fused-ring (bicyclic) bond motifs is 1. The van der Waals surface area contributed by atoms with Crippen LogP contribution in [0.2, 0.25) is 0 Å². The average molecular weight is 495 g/mol. The molecule has 34 heavy (non-hydrogen) atoms. The predicted molar refractivity (Wildman–Crippen MR) is 131 cm³/mol. The van der Waals surface area contributed by atoms with Crippen molar-refractivity contribution in [2.24, 2.45) is 5.73 Å². The van der Waals surface area contributed by atoms with Crippen LogP contribution in [0, 0.1) is 0 Å². The number of hydrogen-bond acceptors (Lipinski definition) is 5. The third kappa shape index (κ3) is 8.75. The smallest absolute Gasteiger partial charge is 0.475 e. The molecule has 0 fully saturated rings. The van der Waals surface area contributed by atoms with Crippen molar-refractivity contribution in [3.63, 3.8) is 0 Å². The van der Waals surface area contributed by atoms with Gasteiger partial charge in [-0.25, -0.2) is 9.78 Å². The van der Waals surface area contributed by atoms with Gasteiger partial charge in [0.2, 0.25) is 0 Å². The van der Waals surface area contributed by atoms with Crippen LogP contribution in [-0.4, -0.2) is 39.1 Å². The second kappa shape index (κ2) is 13.0. The van der Waals surface area contributed by atoms with Gasteiger partial charge in [-0.15, -0.1) is 0 Å². The maximum atomic E-state index is 10.6. The van der Waals surface area contributed by atoms with E-state index in [2.05, 4.69) is 72.3 Å². The summed E-state index contributed by atoms with van der Waals surface area (Å²) in [5.74, 6) is -1.76. The Labute approximate surface area is 201 Å². The van der Waals surface area contributed by atoms with Gasteiger partial charge in [-0.05, 0) is 50.6 Å². The van der Waals surface area contributed by atoms with Crippen molar-refractivity contribution in [2.45, 2.75) is 44.7 Å². The number of carboxylic acid groups (broad SMARTS) is 1. The van der Waals surface area contributed by atoms with E-state index in [4.69, 9.17) is 20.6 Å². The van der Waals surface area contributed by atoms with Crippen LogP contribution in [0.25, 0.3) is 11.0 Å². The van der Waals surface area contributed by atoms with E-state index in [-0.39, 0.29) is 0 Å². The number of carbonyl (C=O) groups is 1. The molecule has 4 N–H and O–H groups in total. The number of imidazole rings is 1. The fraction of sp³-hybridized carbons (Fsp3) is 0.333. The molecular formula is C24H29F3N4O2S. The topological polar surface area (TPSA) is 93.2 Å². The second-order valence-corrected chi connectivity index (χ2v) is 8.68. The van der Waals surface area contributed by atoms with Crippen LogP contribution >= 0.6 is 11.8 Å². The van der Waals surface area contributed by atoms with Gasteiger partial charge < -0.3 is 20.7 Å². The molecule has 0 saturated carbocycles. The predicted octanol–water partition coefficient (Wildman–Crippen LogP) is 5.69. The van der Waals surface area contributed by atoms with E-state index in [9.17, 15) is 13.2 Å². The zero-order valence-corrected chi connectivity index (χ0v) is 19.9. The number of anilines is 1. The number of nitrogens with zero attached hydrogens (tertiary/aromatic N) is 2. The SMILES string of the molecule is CC(C)=CCn1c(SCCCN)nc2ccc(NCc3ccccc3)cc21.O=C(O)C(F)(F)F. The van der Waals surface area contributed by atoms with Gasteiger partial charge in [0.15, 0.2) is 5.16 Å². The van der Waals surface area contributed by atoms with Crippen molar-refractivity contribution in [1.29, 1.82) is 0 Å². The van der Waals surface area contributed by atoms with E-state index in [0.29, 0.717) is 0 Å². The van der Waals surface area contributed by atoms with Crippen molar-refractivity contribution in [3.05, 3.63) is 65.7 Å². The summed E-state index contributed by atoms with van der Waals surface area (Å²) in [6, 6.07) is 16.9. The number of hydrogen-bond donors (Lipinski definition) is 3. The number of thioether (sulfide) groups is 1. The maximum Gasteiger partial charge on any atom is 0.490 e. The molecule has 0 amide bonds. The Kier molecular flexibility index (Phi) is 10.5. The van der Waals surface area contributed by atoms with Crippen molar-refractivity contribution in [1.82, 2.24) is 9.55 Å². The number of benzene rings is 2. The van der Waals surface area contributed by atoms with E-state index in [1.54, 1.807) is 11.8 Å². The van der Waals surface area contributed by atoms with Crippen LogP contribution in [-0.2, 0) is 17.9 Å². The third-order valence-electron chi connectivity index (χ3n) is 4.56. The minimum atomic E-state index is -5.08. The first-order chi connectivity index (χ1) is 16.1. The number of alkyl halides is 3. The second-order valence-electron chi connectivity index (χ2n) is 7.62. The highest BCUT2D eigenvalue weighted by Crippen LogP contribution is 2.27. The molecule has 2 aromatic carbocycles. The Hall–Kier alpha value is -2.98. The highest BCUT2D eigenvalue weighted by molar-refractivity contribution is 7.99. The number of nitrogens with one attached hydrogen (secondary N) is 1. The molecular weight excluding hydrogens is 465 g/mol. The molecule has 0 radical (unpaired) electrons. The molecule has 0 spiro atoms. The number of aromatic nitrogens is 2. The number of carboxylic acids is 1. The molecule has 0 aliphatic carbocycles. The van der Waals surface area contributed by atoms with Crippen molar-refractivity contribution >= 4 is 34.5 Å². The third-order valence-corrected chi connectivity index (χ3v) is 5.62. The summed E-state index contributed by atoms with van der Waals surface area (Å²) in [7, 11) is 0. The summed E-state index contributed by atoms with van der Waals surface area (Å²) >= 11 is 1.79. The van der Waals surface area contributed by atoms with Crippen molar-refractivity contribution < 1.29 is 23.1 Å². The number of allylic oxidation sites excluding steroid dienone is 2. The summed E-state index contributed by atoms with van der Waals surface area (Å²) in [5.41, 5.74) is 11.6. The van der Waals surface area contributed by atoms with Gasteiger partial charge >= 0.3 is 12.1 Å². The number of aliphatic carboxylic acids is 1. The van der Waals surface area contributed by atoms with E-state index in [1.165, 1.54) is 16.7 Å². The molecule has 0 bridgehead atoms. The molecule has 6 nitrogen and oxygen atoms in total. The fourth-order valence-electron chi connectivity index (χ4n) is 2.82. The van der Waals surface area contributed by atoms with Gasteiger partial charge in [-0.2, -0.15) is 13.2 Å². The van der Waals surface area contributed by atoms with E-state index >= 15 is 0 Å². The largest absolute Gasteiger partial charge is 0.490 e. The van der Waals surface area contributed by atoms with Gasteiger partial charge in [0.1, 0.15) is 0 Å². The van der Waals surface area contributed by atoms with Gasteiger partial charge in [-0.3, -0.25) is 0 Å². The quantitative estimate of drug-likeness (QED) is 0.201. The minimum Gasteiger partial charge on any atom is -0.475 e. The Balaban J connectivity index is 0.000000509. The first-order valence-electron chi connectivity index (χ1n) is 10.7. The summed E-state index contributed by atoms with van der Waals surface area (Å²) in [6.07, 6.45) is -1.83. The summed E-state index contributed by atoms with van der Waals surface area (Å²) < 4.78 is 34.0. The lowest BCUT2D eigenvalue weighted by atomic mass is 10.2. The minimum absolute atomic E-state index is 0.717. The van der Waals surface area contributed by atoms with Crippen LogP contribution in [0.4, 0.5) is 18.9 Å². The summed E-state index contributed by atoms with van der Waals surface area (Å²) in [5, 5.41) is 11.7. The molecule has 0 aliphatic rings. The average Bonchev–Trinajstić information content (AvgIpc) is 3.13. The molecule has 3 rings (SSSR count). The summed E-state index contributed by atoms with van der Waals surface area (Å²) in [6.45, 7) is 6.63. The molecule has 0 unspecified atom stereocenters. The van der Waals surface area contributed by atoms with Gasteiger partial charge in [0, 0.05) is 24.5 Å².